The highest BCUT2D eigenvalue weighted by molar-refractivity contribution is 6.37. The topological polar surface area (TPSA) is 46.6 Å². The second-order valence-corrected chi connectivity index (χ2v) is 7.11. The molecule has 0 saturated carbocycles. The van der Waals surface area contributed by atoms with E-state index >= 15 is 0 Å². The monoisotopic (exact) mass is 401 g/mol. The summed E-state index contributed by atoms with van der Waals surface area (Å²) in [6, 6.07) is 20.8. The van der Waals surface area contributed by atoms with Crippen molar-refractivity contribution in [2.45, 2.75) is 13.5 Å². The number of nitrogens with zero attached hydrogens (tertiary/aromatic N) is 1. The Hall–Kier alpha value is -3.73. The number of halogens is 1. The first-order valence-corrected chi connectivity index (χ1v) is 9.55. The van der Waals surface area contributed by atoms with E-state index in [4.69, 9.17) is 4.74 Å². The molecule has 0 atom stereocenters. The molecule has 0 aromatic heterocycles. The fourth-order valence-electron chi connectivity index (χ4n) is 3.74. The van der Waals surface area contributed by atoms with Crippen LogP contribution in [0.25, 0.3) is 11.1 Å². The summed E-state index contributed by atoms with van der Waals surface area (Å²) in [6.07, 6.45) is 0. The van der Waals surface area contributed by atoms with Crippen molar-refractivity contribution in [3.05, 3.63) is 101 Å². The number of hydrogen-bond acceptors (Lipinski definition) is 3. The number of ether oxygens (including phenoxy) is 1. The lowest BCUT2D eigenvalue weighted by molar-refractivity contribution is -0.113. The molecule has 1 aliphatic rings. The zero-order valence-corrected chi connectivity index (χ0v) is 16.7. The molecule has 1 aliphatic heterocycles. The summed E-state index contributed by atoms with van der Waals surface area (Å²) in [5.41, 5.74) is 5.09. The molecule has 4 rings (SSSR count). The first-order chi connectivity index (χ1) is 14.5. The largest absolute Gasteiger partial charge is 0.465 e. The smallest absolute Gasteiger partial charge is 0.337 e. The van der Waals surface area contributed by atoms with Crippen LogP contribution in [0.4, 0.5) is 10.1 Å². The highest BCUT2D eigenvalue weighted by atomic mass is 19.1. The fraction of sp³-hybridized carbons (Fsp3) is 0.120. The molecule has 3 aromatic rings. The summed E-state index contributed by atoms with van der Waals surface area (Å²) in [5.74, 6) is -0.860. The highest BCUT2D eigenvalue weighted by Gasteiger charge is 2.33. The van der Waals surface area contributed by atoms with Gasteiger partial charge in [0.25, 0.3) is 5.91 Å². The number of esters is 1. The van der Waals surface area contributed by atoms with E-state index in [1.54, 1.807) is 35.2 Å². The van der Waals surface area contributed by atoms with E-state index in [9.17, 15) is 14.0 Å². The third kappa shape index (κ3) is 3.50. The van der Waals surface area contributed by atoms with Crippen LogP contribution in [0, 0.1) is 5.82 Å². The molecule has 4 nitrogen and oxygen atoms in total. The number of allylic oxidation sites excluding steroid dienone is 1. The molecule has 0 unspecified atom stereocenters. The Morgan fingerprint density at radius 2 is 1.70 bits per heavy atom. The number of hydrogen-bond donors (Lipinski definition) is 0. The fourth-order valence-corrected chi connectivity index (χ4v) is 3.74. The van der Waals surface area contributed by atoms with Gasteiger partial charge in [-0.1, -0.05) is 42.5 Å². The summed E-state index contributed by atoms with van der Waals surface area (Å²) >= 11 is 0. The lowest BCUT2D eigenvalue weighted by Crippen LogP contribution is -2.26. The molecule has 0 saturated heterocycles. The number of carbonyl (C=O) groups excluding carboxylic acids is 2. The third-order valence-electron chi connectivity index (χ3n) is 5.26. The van der Waals surface area contributed by atoms with Gasteiger partial charge in [0.05, 0.1) is 30.5 Å². The predicted molar refractivity (Wildman–Crippen MR) is 114 cm³/mol. The number of fused-ring (bicyclic) bond motifs is 1. The van der Waals surface area contributed by atoms with Gasteiger partial charge < -0.3 is 9.64 Å². The Morgan fingerprint density at radius 3 is 2.43 bits per heavy atom. The summed E-state index contributed by atoms with van der Waals surface area (Å²) < 4.78 is 18.1. The minimum Gasteiger partial charge on any atom is -0.465 e. The summed E-state index contributed by atoms with van der Waals surface area (Å²) in [5, 5.41) is 0. The molecule has 1 amide bonds. The lowest BCUT2D eigenvalue weighted by atomic mass is 9.97. The summed E-state index contributed by atoms with van der Waals surface area (Å²) in [4.78, 5) is 27.0. The van der Waals surface area contributed by atoms with Crippen LogP contribution in [-0.2, 0) is 16.1 Å². The van der Waals surface area contributed by atoms with Crippen molar-refractivity contribution in [1.29, 1.82) is 0 Å². The van der Waals surface area contributed by atoms with Crippen LogP contribution in [-0.4, -0.2) is 19.0 Å². The van der Waals surface area contributed by atoms with E-state index in [1.165, 1.54) is 19.2 Å². The van der Waals surface area contributed by atoms with Crippen molar-refractivity contribution >= 4 is 28.7 Å². The predicted octanol–water partition coefficient (Wildman–Crippen LogP) is 5.09. The quantitative estimate of drug-likeness (QED) is 0.452. The van der Waals surface area contributed by atoms with Gasteiger partial charge in [0.1, 0.15) is 5.82 Å². The molecule has 0 N–H and O–H groups in total. The highest BCUT2D eigenvalue weighted by Crippen LogP contribution is 2.41. The maximum atomic E-state index is 13.4. The first kappa shape index (κ1) is 19.6. The molecule has 0 spiro atoms. The van der Waals surface area contributed by atoms with E-state index in [1.807, 2.05) is 37.3 Å². The molecule has 0 fully saturated rings. The van der Waals surface area contributed by atoms with Gasteiger partial charge in [0.15, 0.2) is 0 Å². The van der Waals surface area contributed by atoms with E-state index in [2.05, 4.69) is 0 Å². The van der Waals surface area contributed by atoms with E-state index in [0.717, 1.165) is 28.0 Å². The number of para-hydroxylation sites is 1. The second-order valence-electron chi connectivity index (χ2n) is 7.11. The van der Waals surface area contributed by atoms with Crippen LogP contribution in [0.1, 0.15) is 34.0 Å². The molecule has 150 valence electrons. The molecule has 1 heterocycles. The first-order valence-electron chi connectivity index (χ1n) is 9.55. The Labute approximate surface area is 174 Å². The van der Waals surface area contributed by atoms with Crippen molar-refractivity contribution in [3.63, 3.8) is 0 Å². The van der Waals surface area contributed by atoms with Crippen LogP contribution >= 0.6 is 0 Å². The number of anilines is 1. The Bertz CT molecular complexity index is 1170. The number of amides is 1. The maximum absolute atomic E-state index is 13.4. The standard InChI is InChI=1S/C25H20FNO3/c1-16(18-10-12-20(26)13-11-18)23-21-8-3-4-9-22(21)27(24(23)28)15-17-6-5-7-19(14-17)25(29)30-2/h3-14H,15H2,1-2H3/b23-16-. The molecular weight excluding hydrogens is 381 g/mol. The van der Waals surface area contributed by atoms with Gasteiger partial charge in [-0.3, -0.25) is 4.79 Å². The Kier molecular flexibility index (Phi) is 5.19. The van der Waals surface area contributed by atoms with Crippen molar-refractivity contribution in [1.82, 2.24) is 0 Å². The number of rotatable bonds is 4. The summed E-state index contributed by atoms with van der Waals surface area (Å²) in [6.45, 7) is 2.19. The second kappa shape index (κ2) is 7.95. The van der Waals surface area contributed by atoms with Crippen LogP contribution < -0.4 is 4.90 Å². The zero-order valence-electron chi connectivity index (χ0n) is 16.7. The molecule has 0 aliphatic carbocycles. The normalized spacial score (nSPS) is 14.5. The molecular formula is C25H20FNO3. The minimum atomic E-state index is -0.419. The maximum Gasteiger partial charge on any atom is 0.337 e. The molecule has 30 heavy (non-hydrogen) atoms. The average molecular weight is 401 g/mol. The van der Waals surface area contributed by atoms with Gasteiger partial charge in [-0.05, 0) is 54.0 Å². The van der Waals surface area contributed by atoms with E-state index < -0.39 is 5.97 Å². The van der Waals surface area contributed by atoms with Crippen LogP contribution in [0.3, 0.4) is 0 Å². The Morgan fingerprint density at radius 1 is 0.967 bits per heavy atom. The number of benzene rings is 3. The van der Waals surface area contributed by atoms with Gasteiger partial charge in [-0.2, -0.15) is 0 Å². The van der Waals surface area contributed by atoms with Gasteiger partial charge in [0, 0.05) is 5.56 Å². The van der Waals surface area contributed by atoms with Gasteiger partial charge in [-0.25, -0.2) is 9.18 Å². The van der Waals surface area contributed by atoms with Gasteiger partial charge in [-0.15, -0.1) is 0 Å². The van der Waals surface area contributed by atoms with E-state index in [0.29, 0.717) is 17.7 Å². The van der Waals surface area contributed by atoms with Gasteiger partial charge in [0.2, 0.25) is 0 Å². The summed E-state index contributed by atoms with van der Waals surface area (Å²) in [7, 11) is 1.34. The molecule has 3 aromatic carbocycles. The zero-order chi connectivity index (χ0) is 21.3. The van der Waals surface area contributed by atoms with Crippen molar-refractivity contribution in [2.24, 2.45) is 0 Å². The average Bonchev–Trinajstić information content (AvgIpc) is 3.05. The van der Waals surface area contributed by atoms with Gasteiger partial charge >= 0.3 is 5.97 Å². The van der Waals surface area contributed by atoms with Crippen LogP contribution in [0.5, 0.6) is 0 Å². The van der Waals surface area contributed by atoms with Crippen molar-refractivity contribution in [3.8, 4) is 0 Å². The number of methoxy groups -OCH3 is 1. The Balaban J connectivity index is 1.75. The SMILES string of the molecule is COC(=O)c1cccc(CN2C(=O)/C(=C(/C)c3ccc(F)cc3)c3ccccc32)c1. The van der Waals surface area contributed by atoms with E-state index in [-0.39, 0.29) is 11.7 Å². The van der Waals surface area contributed by atoms with Crippen LogP contribution in [0.15, 0.2) is 72.8 Å². The minimum absolute atomic E-state index is 0.124. The number of carbonyl (C=O) groups is 2. The van der Waals surface area contributed by atoms with Crippen LogP contribution in [0.2, 0.25) is 0 Å². The molecule has 0 radical (unpaired) electrons. The lowest BCUT2D eigenvalue weighted by Gasteiger charge is -2.18. The molecule has 5 heteroatoms. The van der Waals surface area contributed by atoms with Crippen molar-refractivity contribution < 1.29 is 18.7 Å². The third-order valence-corrected chi connectivity index (χ3v) is 5.26. The van der Waals surface area contributed by atoms with Crippen molar-refractivity contribution in [2.75, 3.05) is 12.0 Å². The molecule has 0 bridgehead atoms.